The number of halogens is 1. The Morgan fingerprint density at radius 3 is 2.57 bits per heavy atom. The lowest BCUT2D eigenvalue weighted by atomic mass is 10.1. The predicted molar refractivity (Wildman–Crippen MR) is 107 cm³/mol. The highest BCUT2D eigenvalue weighted by Crippen LogP contribution is 2.20. The Balaban J connectivity index is 1.40. The molecule has 0 saturated carbocycles. The summed E-state index contributed by atoms with van der Waals surface area (Å²) in [6.07, 6.45) is 0. The van der Waals surface area contributed by atoms with E-state index in [4.69, 9.17) is 11.6 Å². The van der Waals surface area contributed by atoms with E-state index >= 15 is 0 Å². The van der Waals surface area contributed by atoms with Crippen LogP contribution in [0.1, 0.15) is 15.9 Å². The fraction of sp³-hybridized carbons (Fsp3) is 0.300. The third-order valence-electron chi connectivity index (χ3n) is 5.00. The van der Waals surface area contributed by atoms with Crippen LogP contribution in [0.5, 0.6) is 0 Å². The molecule has 2 heterocycles. The van der Waals surface area contributed by atoms with Crippen molar-refractivity contribution in [2.24, 2.45) is 7.05 Å². The van der Waals surface area contributed by atoms with Crippen molar-refractivity contribution in [1.29, 1.82) is 0 Å². The van der Waals surface area contributed by atoms with E-state index in [2.05, 4.69) is 20.4 Å². The summed E-state index contributed by atoms with van der Waals surface area (Å²) in [5, 5.41) is 12.3. The van der Waals surface area contributed by atoms with E-state index in [1.165, 1.54) is 0 Å². The number of carbonyl (C=O) groups is 1. The molecule has 0 N–H and O–H groups in total. The molecule has 28 heavy (non-hydrogen) atoms. The number of benzene rings is 2. The number of carbonyl (C=O) groups excluding carboxylic acids is 1. The molecule has 1 aliphatic rings. The molecule has 1 aliphatic heterocycles. The molecule has 4 rings (SSSR count). The standard InChI is InChI=1S/C20H21ClN6O/c1-25-19(22-23-24-25)15-6-4-7-16(13-15)20(28)27-11-9-26(10-12-27)14-17-5-2-3-8-18(17)21/h2-8,13H,9-12,14H2,1H3. The van der Waals surface area contributed by atoms with E-state index in [1.54, 1.807) is 11.7 Å². The molecule has 1 fully saturated rings. The average Bonchev–Trinajstić information content (AvgIpc) is 3.16. The second kappa shape index (κ2) is 8.08. The first-order valence-electron chi connectivity index (χ1n) is 9.19. The number of hydrogen-bond donors (Lipinski definition) is 0. The van der Waals surface area contributed by atoms with Crippen molar-refractivity contribution in [3.05, 3.63) is 64.7 Å². The van der Waals surface area contributed by atoms with Gasteiger partial charge >= 0.3 is 0 Å². The fourth-order valence-corrected chi connectivity index (χ4v) is 3.62. The third-order valence-corrected chi connectivity index (χ3v) is 5.37. The van der Waals surface area contributed by atoms with Gasteiger partial charge in [-0.25, -0.2) is 4.68 Å². The molecule has 0 spiro atoms. The number of hydrogen-bond acceptors (Lipinski definition) is 5. The Labute approximate surface area is 168 Å². The minimum Gasteiger partial charge on any atom is -0.336 e. The highest BCUT2D eigenvalue weighted by molar-refractivity contribution is 6.31. The first-order valence-corrected chi connectivity index (χ1v) is 9.57. The van der Waals surface area contributed by atoms with Crippen LogP contribution in [0.15, 0.2) is 48.5 Å². The normalized spacial score (nSPS) is 15.0. The van der Waals surface area contributed by atoms with Gasteiger partial charge in [0.15, 0.2) is 5.82 Å². The molecule has 0 aliphatic carbocycles. The summed E-state index contributed by atoms with van der Waals surface area (Å²) < 4.78 is 1.59. The average molecular weight is 397 g/mol. The van der Waals surface area contributed by atoms with Gasteiger partial charge in [0.25, 0.3) is 5.91 Å². The number of amides is 1. The molecule has 2 aromatic carbocycles. The number of aromatic nitrogens is 4. The summed E-state index contributed by atoms with van der Waals surface area (Å²) in [5.74, 6) is 0.675. The van der Waals surface area contributed by atoms with E-state index in [0.717, 1.165) is 35.8 Å². The molecule has 8 heteroatoms. The van der Waals surface area contributed by atoms with Crippen molar-refractivity contribution in [1.82, 2.24) is 30.0 Å². The quantitative estimate of drug-likeness (QED) is 0.677. The second-order valence-electron chi connectivity index (χ2n) is 6.87. The molecule has 1 saturated heterocycles. The summed E-state index contributed by atoms with van der Waals surface area (Å²) in [5.41, 5.74) is 2.60. The first-order chi connectivity index (χ1) is 13.6. The molecule has 7 nitrogen and oxygen atoms in total. The van der Waals surface area contributed by atoms with Crippen LogP contribution in [0.2, 0.25) is 5.02 Å². The van der Waals surface area contributed by atoms with Crippen LogP contribution >= 0.6 is 11.6 Å². The van der Waals surface area contributed by atoms with E-state index in [9.17, 15) is 4.79 Å². The Kier molecular flexibility index (Phi) is 5.36. The van der Waals surface area contributed by atoms with E-state index in [1.807, 2.05) is 53.4 Å². The van der Waals surface area contributed by atoms with Crippen LogP contribution in [0.4, 0.5) is 0 Å². The number of rotatable bonds is 4. The van der Waals surface area contributed by atoms with Gasteiger partial charge in [0.2, 0.25) is 0 Å². The van der Waals surface area contributed by atoms with Crippen LogP contribution in [0.3, 0.4) is 0 Å². The summed E-state index contributed by atoms with van der Waals surface area (Å²) in [6.45, 7) is 3.84. The summed E-state index contributed by atoms with van der Waals surface area (Å²) >= 11 is 6.26. The topological polar surface area (TPSA) is 67.2 Å². The smallest absolute Gasteiger partial charge is 0.253 e. The van der Waals surface area contributed by atoms with Crippen molar-refractivity contribution >= 4 is 17.5 Å². The first kappa shape index (κ1) is 18.6. The van der Waals surface area contributed by atoms with Crippen LogP contribution in [-0.4, -0.2) is 62.1 Å². The van der Waals surface area contributed by atoms with E-state index in [-0.39, 0.29) is 5.91 Å². The highest BCUT2D eigenvalue weighted by Gasteiger charge is 2.23. The van der Waals surface area contributed by atoms with Gasteiger partial charge in [0.05, 0.1) is 0 Å². The number of aryl methyl sites for hydroxylation is 1. The lowest BCUT2D eigenvalue weighted by molar-refractivity contribution is 0.0628. The predicted octanol–water partition coefficient (Wildman–Crippen LogP) is 2.49. The highest BCUT2D eigenvalue weighted by atomic mass is 35.5. The maximum Gasteiger partial charge on any atom is 0.253 e. The number of piperazine rings is 1. The lowest BCUT2D eigenvalue weighted by Gasteiger charge is -2.35. The largest absolute Gasteiger partial charge is 0.336 e. The van der Waals surface area contributed by atoms with Crippen molar-refractivity contribution in [2.75, 3.05) is 26.2 Å². The monoisotopic (exact) mass is 396 g/mol. The Bertz CT molecular complexity index is 980. The third kappa shape index (κ3) is 3.90. The maximum absolute atomic E-state index is 13.0. The molecule has 0 atom stereocenters. The summed E-state index contributed by atoms with van der Waals surface area (Å²) in [6, 6.07) is 15.4. The fourth-order valence-electron chi connectivity index (χ4n) is 3.42. The molecular weight excluding hydrogens is 376 g/mol. The molecule has 144 valence electrons. The zero-order chi connectivity index (χ0) is 19.5. The van der Waals surface area contributed by atoms with Gasteiger partial charge in [-0.15, -0.1) is 5.10 Å². The zero-order valence-electron chi connectivity index (χ0n) is 15.6. The second-order valence-corrected chi connectivity index (χ2v) is 7.27. The molecule has 3 aromatic rings. The van der Waals surface area contributed by atoms with Crippen molar-refractivity contribution in [2.45, 2.75) is 6.54 Å². The van der Waals surface area contributed by atoms with E-state index in [0.29, 0.717) is 24.5 Å². The van der Waals surface area contributed by atoms with Crippen molar-refractivity contribution < 1.29 is 4.79 Å². The number of tetrazole rings is 1. The van der Waals surface area contributed by atoms with Crippen molar-refractivity contribution in [3.63, 3.8) is 0 Å². The molecule has 0 bridgehead atoms. The van der Waals surface area contributed by atoms with Gasteiger partial charge in [-0.05, 0) is 34.2 Å². The van der Waals surface area contributed by atoms with Gasteiger partial charge in [-0.1, -0.05) is 41.9 Å². The Hall–Kier alpha value is -2.77. The van der Waals surface area contributed by atoms with Gasteiger partial charge in [0.1, 0.15) is 0 Å². The van der Waals surface area contributed by atoms with E-state index < -0.39 is 0 Å². The minimum atomic E-state index is 0.0365. The van der Waals surface area contributed by atoms with Crippen LogP contribution in [-0.2, 0) is 13.6 Å². The van der Waals surface area contributed by atoms with Gasteiger partial charge in [0, 0.05) is 55.9 Å². The Morgan fingerprint density at radius 2 is 1.86 bits per heavy atom. The minimum absolute atomic E-state index is 0.0365. The molecule has 0 radical (unpaired) electrons. The molecule has 0 unspecified atom stereocenters. The summed E-state index contributed by atoms with van der Waals surface area (Å²) in [4.78, 5) is 17.2. The number of nitrogens with zero attached hydrogens (tertiary/aromatic N) is 6. The summed E-state index contributed by atoms with van der Waals surface area (Å²) in [7, 11) is 1.78. The lowest BCUT2D eigenvalue weighted by Crippen LogP contribution is -2.48. The Morgan fingerprint density at radius 1 is 1.07 bits per heavy atom. The maximum atomic E-state index is 13.0. The zero-order valence-corrected chi connectivity index (χ0v) is 16.4. The molecular formula is C20H21ClN6O. The van der Waals surface area contributed by atoms with Gasteiger partial charge in [-0.3, -0.25) is 9.69 Å². The molecule has 1 amide bonds. The van der Waals surface area contributed by atoms with Crippen LogP contribution < -0.4 is 0 Å². The van der Waals surface area contributed by atoms with Gasteiger partial charge in [-0.2, -0.15) is 0 Å². The van der Waals surface area contributed by atoms with Crippen molar-refractivity contribution in [3.8, 4) is 11.4 Å². The van der Waals surface area contributed by atoms with Crippen LogP contribution in [0, 0.1) is 0 Å². The van der Waals surface area contributed by atoms with Crippen LogP contribution in [0.25, 0.3) is 11.4 Å². The van der Waals surface area contributed by atoms with Gasteiger partial charge < -0.3 is 4.90 Å². The SMILES string of the molecule is Cn1nnnc1-c1cccc(C(=O)N2CCN(Cc3ccccc3Cl)CC2)c1. The molecule has 1 aromatic heterocycles.